The van der Waals surface area contributed by atoms with Crippen LogP contribution in [0, 0.1) is 0 Å². The van der Waals surface area contributed by atoms with Crippen LogP contribution in [0.25, 0.3) is 5.76 Å². The van der Waals surface area contributed by atoms with Crippen molar-refractivity contribution in [1.82, 2.24) is 0 Å². The SMILES string of the molecule is CCO\C(=C/C=C/C=C/C(c1ccc(OC)cc1)=[N+](CC)CC)c1ccc(OC)cc1.F[B-](F)(F)F. The van der Waals surface area contributed by atoms with Gasteiger partial charge in [-0.15, -0.1) is 0 Å². The van der Waals surface area contributed by atoms with Gasteiger partial charge >= 0.3 is 7.25 Å². The lowest BCUT2D eigenvalue weighted by Gasteiger charge is -2.08. The Bertz CT molecular complexity index is 1020. The first kappa shape index (κ1) is 30.5. The molecule has 36 heavy (non-hydrogen) atoms. The molecule has 0 aliphatic carbocycles. The fraction of sp³-hybridized carbons (Fsp3) is 0.296. The summed E-state index contributed by atoms with van der Waals surface area (Å²) in [6, 6.07) is 16.1. The molecular weight excluding hydrogens is 473 g/mol. The van der Waals surface area contributed by atoms with Crippen LogP contribution in [-0.2, 0) is 4.74 Å². The quantitative estimate of drug-likeness (QED) is 0.0817. The zero-order valence-corrected chi connectivity index (χ0v) is 21.4. The highest BCUT2D eigenvalue weighted by Gasteiger charge is 2.20. The van der Waals surface area contributed by atoms with Crippen molar-refractivity contribution >= 4 is 18.7 Å². The van der Waals surface area contributed by atoms with Crippen LogP contribution >= 0.6 is 0 Å². The summed E-state index contributed by atoms with van der Waals surface area (Å²) in [4.78, 5) is 0. The number of allylic oxidation sites excluding steroid dienone is 5. The van der Waals surface area contributed by atoms with E-state index in [0.717, 1.165) is 41.5 Å². The average molecular weight is 507 g/mol. The van der Waals surface area contributed by atoms with Crippen molar-refractivity contribution in [2.75, 3.05) is 33.9 Å². The van der Waals surface area contributed by atoms with Gasteiger partial charge in [-0.3, -0.25) is 0 Å². The van der Waals surface area contributed by atoms with Crippen LogP contribution < -0.4 is 9.47 Å². The summed E-state index contributed by atoms with van der Waals surface area (Å²) in [7, 11) is -2.65. The molecule has 2 aromatic rings. The second kappa shape index (κ2) is 16.2. The number of ether oxygens (including phenoxy) is 3. The van der Waals surface area contributed by atoms with Gasteiger partial charge in [-0.1, -0.05) is 18.2 Å². The lowest BCUT2D eigenvalue weighted by atomic mass is 10.1. The van der Waals surface area contributed by atoms with E-state index in [2.05, 4.69) is 42.7 Å². The smallest absolute Gasteiger partial charge is 0.497 e. The molecule has 0 radical (unpaired) electrons. The minimum Gasteiger partial charge on any atom is -0.497 e. The molecule has 0 aliphatic heterocycles. The summed E-state index contributed by atoms with van der Waals surface area (Å²) in [6.07, 6.45) is 10.2. The summed E-state index contributed by atoms with van der Waals surface area (Å²) in [5.41, 5.74) is 3.37. The lowest BCUT2D eigenvalue weighted by Crippen LogP contribution is -2.20. The van der Waals surface area contributed by atoms with Crippen molar-refractivity contribution in [2.24, 2.45) is 0 Å². The summed E-state index contributed by atoms with van der Waals surface area (Å²) in [5, 5.41) is 0. The van der Waals surface area contributed by atoms with Crippen molar-refractivity contribution in [3.8, 4) is 11.5 Å². The predicted octanol–water partition coefficient (Wildman–Crippen LogP) is 7.04. The number of hydrogen-bond acceptors (Lipinski definition) is 3. The Morgan fingerprint density at radius 3 is 1.64 bits per heavy atom. The first-order chi connectivity index (χ1) is 17.2. The minimum atomic E-state index is -6.00. The average Bonchev–Trinajstić information content (AvgIpc) is 2.86. The van der Waals surface area contributed by atoms with E-state index in [1.165, 1.54) is 5.71 Å². The van der Waals surface area contributed by atoms with Crippen molar-refractivity contribution < 1.29 is 36.0 Å². The lowest BCUT2D eigenvalue weighted by molar-refractivity contribution is -0.519. The molecule has 0 atom stereocenters. The Morgan fingerprint density at radius 2 is 1.22 bits per heavy atom. The standard InChI is InChI=1S/C27H34NO3.BF4/c1-6-28(7-2)26(22-14-18-24(29-4)19-15-22)12-10-9-11-13-27(31-8-3)23-16-20-25(30-5)21-17-23;2-1(3,4)5/h9-21H,6-8H2,1-5H3;/q+1;-1/b11-9+,12-10+,27-13-;. The fourth-order valence-electron chi connectivity index (χ4n) is 3.20. The number of hydrogen-bond donors (Lipinski definition) is 0. The maximum atomic E-state index is 9.75. The predicted molar refractivity (Wildman–Crippen MR) is 140 cm³/mol. The van der Waals surface area contributed by atoms with E-state index in [-0.39, 0.29) is 0 Å². The van der Waals surface area contributed by atoms with Crippen LogP contribution in [-0.4, -0.2) is 51.5 Å². The largest absolute Gasteiger partial charge is 0.673 e. The molecule has 0 aliphatic rings. The topological polar surface area (TPSA) is 30.7 Å². The molecule has 2 aromatic carbocycles. The maximum absolute atomic E-state index is 9.75. The molecule has 0 saturated carbocycles. The molecule has 9 heteroatoms. The van der Waals surface area contributed by atoms with E-state index in [1.807, 2.05) is 61.5 Å². The van der Waals surface area contributed by atoms with E-state index in [1.54, 1.807) is 14.2 Å². The van der Waals surface area contributed by atoms with Gasteiger partial charge in [-0.2, -0.15) is 0 Å². The van der Waals surface area contributed by atoms with E-state index in [4.69, 9.17) is 14.2 Å². The molecule has 4 nitrogen and oxygen atoms in total. The van der Waals surface area contributed by atoms with Crippen LogP contribution in [0.5, 0.6) is 11.5 Å². The van der Waals surface area contributed by atoms with Crippen LogP contribution in [0.3, 0.4) is 0 Å². The van der Waals surface area contributed by atoms with Gasteiger partial charge in [-0.05, 0) is 75.4 Å². The van der Waals surface area contributed by atoms with Gasteiger partial charge in [0.2, 0.25) is 5.71 Å². The van der Waals surface area contributed by atoms with Gasteiger partial charge in [0.1, 0.15) is 30.3 Å². The Kier molecular flexibility index (Phi) is 13.8. The van der Waals surface area contributed by atoms with Crippen LogP contribution in [0.15, 0.2) is 78.9 Å². The molecule has 0 fully saturated rings. The highest BCUT2D eigenvalue weighted by atomic mass is 19.5. The van der Waals surface area contributed by atoms with Crippen LogP contribution in [0.2, 0.25) is 0 Å². The first-order valence-corrected chi connectivity index (χ1v) is 11.6. The van der Waals surface area contributed by atoms with Gasteiger partial charge in [0, 0.05) is 17.2 Å². The zero-order valence-electron chi connectivity index (χ0n) is 21.4. The molecule has 0 unspecified atom stereocenters. The molecule has 0 bridgehead atoms. The monoisotopic (exact) mass is 507 g/mol. The summed E-state index contributed by atoms with van der Waals surface area (Å²) in [6.45, 7) is 8.82. The Morgan fingerprint density at radius 1 is 0.750 bits per heavy atom. The third-order valence-electron chi connectivity index (χ3n) is 4.89. The molecule has 0 N–H and O–H groups in total. The van der Waals surface area contributed by atoms with E-state index >= 15 is 0 Å². The molecule has 0 amide bonds. The van der Waals surface area contributed by atoms with E-state index in [0.29, 0.717) is 6.61 Å². The van der Waals surface area contributed by atoms with E-state index in [9.17, 15) is 17.3 Å². The van der Waals surface area contributed by atoms with Gasteiger partial charge in [-0.25, -0.2) is 4.58 Å². The number of rotatable bonds is 11. The van der Waals surface area contributed by atoms with Crippen molar-refractivity contribution in [3.63, 3.8) is 0 Å². The number of halogens is 4. The van der Waals surface area contributed by atoms with Crippen molar-refractivity contribution in [1.29, 1.82) is 0 Å². The van der Waals surface area contributed by atoms with Gasteiger partial charge in [0.15, 0.2) is 0 Å². The summed E-state index contributed by atoms with van der Waals surface area (Å²) >= 11 is 0. The van der Waals surface area contributed by atoms with Crippen molar-refractivity contribution in [3.05, 3.63) is 90.0 Å². The fourth-order valence-corrected chi connectivity index (χ4v) is 3.20. The Balaban J connectivity index is 0.00000118. The normalized spacial score (nSPS) is 11.8. The maximum Gasteiger partial charge on any atom is 0.673 e. The second-order valence-electron chi connectivity index (χ2n) is 7.22. The van der Waals surface area contributed by atoms with E-state index < -0.39 is 7.25 Å². The molecule has 0 saturated heterocycles. The molecule has 196 valence electrons. The Hall–Kier alpha value is -3.49. The van der Waals surface area contributed by atoms with Gasteiger partial charge in [0.05, 0.1) is 20.8 Å². The third kappa shape index (κ3) is 11.8. The highest BCUT2D eigenvalue weighted by molar-refractivity contribution is 6.50. The number of nitrogens with zero attached hydrogens (tertiary/aromatic N) is 1. The minimum absolute atomic E-state index is 0.610. The molecule has 2 rings (SSSR count). The zero-order chi connectivity index (χ0) is 27.0. The van der Waals surface area contributed by atoms with Crippen molar-refractivity contribution in [2.45, 2.75) is 20.8 Å². The number of benzene rings is 2. The molecule has 0 heterocycles. The Labute approximate surface area is 211 Å². The van der Waals surface area contributed by atoms with Crippen LogP contribution in [0.1, 0.15) is 31.9 Å². The summed E-state index contributed by atoms with van der Waals surface area (Å²) in [5.74, 6) is 2.52. The third-order valence-corrected chi connectivity index (χ3v) is 4.89. The molecule has 0 spiro atoms. The molecule has 0 aromatic heterocycles. The molecular formula is C27H34BF4NO3. The van der Waals surface area contributed by atoms with Gasteiger partial charge in [0.25, 0.3) is 0 Å². The first-order valence-electron chi connectivity index (χ1n) is 11.6. The summed E-state index contributed by atoms with van der Waals surface area (Å²) < 4.78 is 57.7. The second-order valence-corrected chi connectivity index (χ2v) is 7.22. The van der Waals surface area contributed by atoms with Crippen LogP contribution in [0.4, 0.5) is 17.3 Å². The highest BCUT2D eigenvalue weighted by Crippen LogP contribution is 2.20. The van der Waals surface area contributed by atoms with Gasteiger partial charge < -0.3 is 31.5 Å². The number of methoxy groups -OCH3 is 2.